The van der Waals surface area contributed by atoms with Gasteiger partial charge in [0.15, 0.2) is 11.6 Å². The predicted molar refractivity (Wildman–Crippen MR) is 170 cm³/mol. The maximum Gasteiger partial charge on any atom is 0.412 e. The number of nitrogens with zero attached hydrogens (tertiary/aromatic N) is 5. The van der Waals surface area contributed by atoms with E-state index in [4.69, 9.17) is 14.2 Å². The van der Waals surface area contributed by atoms with E-state index in [1.807, 2.05) is 19.1 Å². The van der Waals surface area contributed by atoms with Gasteiger partial charge in [-0.3, -0.25) is 10.1 Å². The fourth-order valence-electron chi connectivity index (χ4n) is 5.13. The molecule has 4 heterocycles. The topological polar surface area (TPSA) is 149 Å². The first-order chi connectivity index (χ1) is 22.2. The molecule has 0 aliphatic carbocycles. The Hall–Kier alpha value is -4.95. The van der Waals surface area contributed by atoms with Crippen LogP contribution in [0.5, 0.6) is 11.6 Å². The predicted octanol–water partition coefficient (Wildman–Crippen LogP) is 5.37. The largest absolute Gasteiger partial charge is 0.487 e. The SMILES string of the molecule is COc1cnc2c(-c3nc4cc(F)c(OC[C@@H](C)OC(=O)Nc5ccc(C(=O)N6CCC[C@@H](O)C6)nc5)cc4s3)cc(C)cc2n1. The maximum absolute atomic E-state index is 15.0. The van der Waals surface area contributed by atoms with Crippen LogP contribution in [-0.4, -0.2) is 81.0 Å². The molecule has 5 aromatic rings. The number of aromatic nitrogens is 4. The molecule has 0 bridgehead atoms. The Morgan fingerprint density at radius 1 is 1.15 bits per heavy atom. The van der Waals surface area contributed by atoms with Crippen LogP contribution >= 0.6 is 11.3 Å². The number of fused-ring (bicyclic) bond motifs is 2. The maximum atomic E-state index is 15.0. The first kappa shape index (κ1) is 31.0. The van der Waals surface area contributed by atoms with Gasteiger partial charge >= 0.3 is 6.09 Å². The molecule has 14 heteroatoms. The summed E-state index contributed by atoms with van der Waals surface area (Å²) in [6, 6.07) is 9.80. The van der Waals surface area contributed by atoms with Crippen molar-refractivity contribution >= 4 is 50.3 Å². The zero-order valence-corrected chi connectivity index (χ0v) is 26.1. The second-order valence-electron chi connectivity index (χ2n) is 11.0. The lowest BCUT2D eigenvalue weighted by Crippen LogP contribution is -2.42. The van der Waals surface area contributed by atoms with Gasteiger partial charge < -0.3 is 24.2 Å². The van der Waals surface area contributed by atoms with Crippen LogP contribution in [0, 0.1) is 12.7 Å². The molecule has 2 atom stereocenters. The molecular formula is C32H31FN6O6S. The molecule has 12 nitrogen and oxygen atoms in total. The van der Waals surface area contributed by atoms with Gasteiger partial charge in [0.25, 0.3) is 5.91 Å². The number of benzene rings is 2. The number of aliphatic hydroxyl groups is 1. The van der Waals surface area contributed by atoms with Crippen molar-refractivity contribution in [3.8, 4) is 22.2 Å². The second-order valence-corrected chi connectivity index (χ2v) is 12.0. The summed E-state index contributed by atoms with van der Waals surface area (Å²) in [5, 5.41) is 13.0. The van der Waals surface area contributed by atoms with Crippen molar-refractivity contribution in [2.45, 2.75) is 38.9 Å². The smallest absolute Gasteiger partial charge is 0.412 e. The van der Waals surface area contributed by atoms with E-state index in [1.54, 1.807) is 30.2 Å². The van der Waals surface area contributed by atoms with Crippen molar-refractivity contribution in [2.24, 2.45) is 0 Å². The van der Waals surface area contributed by atoms with Crippen LogP contribution in [-0.2, 0) is 4.74 Å². The number of β-amino-alcohol motifs (C(OH)–C–C–N with tert-alkyl or cyclic N) is 1. The lowest BCUT2D eigenvalue weighted by molar-refractivity contribution is 0.0469. The number of thiazole rings is 1. The summed E-state index contributed by atoms with van der Waals surface area (Å²) < 4.78 is 32.0. The molecule has 0 radical (unpaired) electrons. The van der Waals surface area contributed by atoms with Crippen LogP contribution in [0.25, 0.3) is 31.8 Å². The van der Waals surface area contributed by atoms with Gasteiger partial charge in [0.05, 0.1) is 52.5 Å². The van der Waals surface area contributed by atoms with E-state index < -0.39 is 24.1 Å². The van der Waals surface area contributed by atoms with E-state index in [2.05, 4.69) is 25.3 Å². The molecule has 0 unspecified atom stereocenters. The van der Waals surface area contributed by atoms with Crippen LogP contribution in [0.15, 0.2) is 48.8 Å². The van der Waals surface area contributed by atoms with Gasteiger partial charge in [-0.1, -0.05) is 0 Å². The van der Waals surface area contributed by atoms with Crippen molar-refractivity contribution in [3.05, 3.63) is 65.9 Å². The summed E-state index contributed by atoms with van der Waals surface area (Å²) in [5.74, 6) is -0.470. The van der Waals surface area contributed by atoms with E-state index in [-0.39, 0.29) is 30.5 Å². The number of hydrogen-bond donors (Lipinski definition) is 2. The molecule has 1 saturated heterocycles. The van der Waals surface area contributed by atoms with Gasteiger partial charge in [0, 0.05) is 30.8 Å². The van der Waals surface area contributed by atoms with Crippen LogP contribution in [0.2, 0.25) is 0 Å². The van der Waals surface area contributed by atoms with Crippen molar-refractivity contribution in [1.29, 1.82) is 0 Å². The Labute approximate surface area is 267 Å². The van der Waals surface area contributed by atoms with E-state index >= 15 is 0 Å². The molecule has 0 spiro atoms. The minimum absolute atomic E-state index is 0.00265. The number of likely N-dealkylation sites (tertiary alicyclic amines) is 1. The van der Waals surface area contributed by atoms with Crippen LogP contribution < -0.4 is 14.8 Å². The summed E-state index contributed by atoms with van der Waals surface area (Å²) in [6.07, 6.45) is 2.28. The van der Waals surface area contributed by atoms with Gasteiger partial charge in [-0.05, 0) is 56.5 Å². The minimum atomic E-state index is -0.759. The number of carbonyl (C=O) groups excluding carboxylic acids is 2. The molecule has 0 saturated carbocycles. The highest BCUT2D eigenvalue weighted by atomic mass is 32.1. The molecule has 238 valence electrons. The number of methoxy groups -OCH3 is 1. The average Bonchev–Trinajstić information content (AvgIpc) is 3.45. The Bertz CT molecular complexity index is 1920. The number of pyridine rings is 1. The Morgan fingerprint density at radius 3 is 2.76 bits per heavy atom. The number of aryl methyl sites for hydroxylation is 1. The molecule has 2 amide bonds. The normalized spacial score (nSPS) is 15.5. The number of anilines is 1. The zero-order chi connectivity index (χ0) is 32.4. The Balaban J connectivity index is 1.07. The molecule has 1 fully saturated rings. The summed E-state index contributed by atoms with van der Waals surface area (Å²) in [6.45, 7) is 4.30. The molecular weight excluding hydrogens is 615 g/mol. The first-order valence-corrected chi connectivity index (χ1v) is 15.4. The van der Waals surface area contributed by atoms with Gasteiger partial charge in [-0.15, -0.1) is 11.3 Å². The van der Waals surface area contributed by atoms with Crippen molar-refractivity contribution in [2.75, 3.05) is 32.1 Å². The third-order valence-electron chi connectivity index (χ3n) is 7.35. The van der Waals surface area contributed by atoms with E-state index in [1.165, 1.54) is 36.8 Å². The Kier molecular flexibility index (Phi) is 8.90. The molecule has 3 aromatic heterocycles. The molecule has 1 aliphatic rings. The molecule has 2 aromatic carbocycles. The summed E-state index contributed by atoms with van der Waals surface area (Å²) in [4.78, 5) is 44.4. The van der Waals surface area contributed by atoms with Gasteiger partial charge in [-0.25, -0.2) is 29.1 Å². The number of aliphatic hydroxyl groups excluding tert-OH is 1. The second kappa shape index (κ2) is 13.2. The minimum Gasteiger partial charge on any atom is -0.487 e. The quantitative estimate of drug-likeness (QED) is 0.225. The Morgan fingerprint density at radius 2 is 2.00 bits per heavy atom. The number of ether oxygens (including phenoxy) is 3. The number of carbonyl (C=O) groups is 2. The number of piperidine rings is 1. The monoisotopic (exact) mass is 646 g/mol. The third-order valence-corrected chi connectivity index (χ3v) is 8.40. The summed E-state index contributed by atoms with van der Waals surface area (Å²) in [5.41, 5.74) is 4.08. The van der Waals surface area contributed by atoms with Crippen LogP contribution in [0.3, 0.4) is 0 Å². The van der Waals surface area contributed by atoms with E-state index in [9.17, 15) is 19.1 Å². The number of rotatable bonds is 8. The van der Waals surface area contributed by atoms with Gasteiger partial charge in [0.2, 0.25) is 5.88 Å². The standard InChI is InChI=1S/C32H31FN6O6S/c1-17-9-21(29-25(10-17)37-28(43-3)14-35-29)30-38-24-11-22(33)26(12-27(24)46-30)44-16-18(2)45-32(42)36-19-6-7-23(34-13-19)31(41)39-8-4-5-20(40)15-39/h6-7,9-14,18,20,40H,4-5,8,15-16H2,1-3H3,(H,36,42)/t18-,20-/m1/s1. The highest BCUT2D eigenvalue weighted by Crippen LogP contribution is 2.37. The number of amides is 2. The van der Waals surface area contributed by atoms with E-state index in [0.29, 0.717) is 50.8 Å². The summed E-state index contributed by atoms with van der Waals surface area (Å²) in [7, 11) is 1.53. The van der Waals surface area contributed by atoms with E-state index in [0.717, 1.165) is 17.5 Å². The average molecular weight is 647 g/mol. The fraction of sp³-hybridized carbons (Fsp3) is 0.312. The number of nitrogens with one attached hydrogen (secondary N) is 1. The van der Waals surface area contributed by atoms with Crippen LogP contribution in [0.4, 0.5) is 14.9 Å². The molecule has 6 rings (SSSR count). The van der Waals surface area contributed by atoms with Gasteiger partial charge in [0.1, 0.15) is 23.4 Å². The lowest BCUT2D eigenvalue weighted by atomic mass is 10.1. The first-order valence-electron chi connectivity index (χ1n) is 14.6. The van der Waals surface area contributed by atoms with Crippen molar-refractivity contribution in [3.63, 3.8) is 0 Å². The number of hydrogen-bond acceptors (Lipinski definition) is 11. The highest BCUT2D eigenvalue weighted by Gasteiger charge is 2.24. The highest BCUT2D eigenvalue weighted by molar-refractivity contribution is 7.21. The number of halogens is 1. The van der Waals surface area contributed by atoms with Gasteiger partial charge in [-0.2, -0.15) is 0 Å². The van der Waals surface area contributed by atoms with Crippen LogP contribution in [0.1, 0.15) is 35.8 Å². The zero-order valence-electron chi connectivity index (χ0n) is 25.3. The lowest BCUT2D eigenvalue weighted by Gasteiger charge is -2.29. The summed E-state index contributed by atoms with van der Waals surface area (Å²) >= 11 is 1.37. The molecule has 46 heavy (non-hydrogen) atoms. The fourth-order valence-corrected chi connectivity index (χ4v) is 6.12. The molecule has 1 aliphatic heterocycles. The third kappa shape index (κ3) is 6.82. The van der Waals surface area contributed by atoms with Crippen molar-refractivity contribution < 1.29 is 33.3 Å². The molecule has 2 N–H and O–H groups in total. The van der Waals surface area contributed by atoms with Crippen molar-refractivity contribution in [1.82, 2.24) is 24.8 Å².